The van der Waals surface area contributed by atoms with Crippen LogP contribution in [-0.2, 0) is 4.79 Å². The Labute approximate surface area is 155 Å². The van der Waals surface area contributed by atoms with E-state index in [0.29, 0.717) is 22.5 Å². The van der Waals surface area contributed by atoms with Gasteiger partial charge in [0, 0.05) is 10.9 Å². The van der Waals surface area contributed by atoms with Crippen LogP contribution >= 0.6 is 0 Å². The van der Waals surface area contributed by atoms with Crippen LogP contribution in [0.1, 0.15) is 12.8 Å². The van der Waals surface area contributed by atoms with Crippen molar-refractivity contribution in [3.63, 3.8) is 0 Å². The van der Waals surface area contributed by atoms with Gasteiger partial charge in [0.15, 0.2) is 5.82 Å². The molecule has 27 heavy (non-hydrogen) atoms. The van der Waals surface area contributed by atoms with Gasteiger partial charge in [0.1, 0.15) is 17.1 Å². The van der Waals surface area contributed by atoms with Gasteiger partial charge >= 0.3 is 5.97 Å². The first-order valence-electron chi connectivity index (χ1n) is 8.99. The molecular weight excluding hydrogens is 342 g/mol. The van der Waals surface area contributed by atoms with E-state index in [0.717, 1.165) is 30.3 Å². The topological polar surface area (TPSA) is 77.2 Å². The van der Waals surface area contributed by atoms with Crippen LogP contribution in [0, 0.1) is 0 Å². The number of hydrogen-bond donors (Lipinski definition) is 1. The molecule has 5 rings (SSSR count). The van der Waals surface area contributed by atoms with Gasteiger partial charge in [-0.25, -0.2) is 9.78 Å². The standard InChI is InChI=1S/C21H17N3O3/c25-21(15-10-6-12-22-15)27-20-18-17(14-9-4-5-11-16(14)26-18)23-19(24-20)13-7-2-1-3-8-13/h1-5,7-9,11,15,22H,6,10,12H2/t15-/m0/s1. The summed E-state index contributed by atoms with van der Waals surface area (Å²) in [5.41, 5.74) is 2.56. The van der Waals surface area contributed by atoms with E-state index in [4.69, 9.17) is 9.15 Å². The maximum atomic E-state index is 12.5. The second-order valence-electron chi connectivity index (χ2n) is 6.56. The van der Waals surface area contributed by atoms with E-state index in [1.165, 1.54) is 0 Å². The zero-order chi connectivity index (χ0) is 18.2. The number of esters is 1. The van der Waals surface area contributed by atoms with Crippen molar-refractivity contribution >= 4 is 28.0 Å². The molecule has 6 nitrogen and oxygen atoms in total. The molecule has 0 spiro atoms. The summed E-state index contributed by atoms with van der Waals surface area (Å²) < 4.78 is 11.6. The number of furan rings is 1. The minimum absolute atomic E-state index is 0.161. The van der Waals surface area contributed by atoms with Gasteiger partial charge in [-0.1, -0.05) is 42.5 Å². The summed E-state index contributed by atoms with van der Waals surface area (Å²) in [7, 11) is 0. The minimum Gasteiger partial charge on any atom is -0.449 e. The average molecular weight is 359 g/mol. The Morgan fingerprint density at radius 3 is 2.70 bits per heavy atom. The van der Waals surface area contributed by atoms with Gasteiger partial charge in [-0.05, 0) is 31.5 Å². The number of nitrogens with zero attached hydrogens (tertiary/aromatic N) is 2. The van der Waals surface area contributed by atoms with Crippen LogP contribution < -0.4 is 10.1 Å². The van der Waals surface area contributed by atoms with E-state index < -0.39 is 0 Å². The van der Waals surface area contributed by atoms with Crippen molar-refractivity contribution in [3.8, 4) is 17.3 Å². The van der Waals surface area contributed by atoms with Gasteiger partial charge < -0.3 is 14.5 Å². The molecule has 2 aromatic heterocycles. The Kier molecular flexibility index (Phi) is 3.83. The highest BCUT2D eigenvalue weighted by Gasteiger charge is 2.27. The minimum atomic E-state index is -0.341. The number of nitrogens with one attached hydrogen (secondary N) is 1. The van der Waals surface area contributed by atoms with Gasteiger partial charge in [-0.15, -0.1) is 0 Å². The number of benzene rings is 2. The highest BCUT2D eigenvalue weighted by Crippen LogP contribution is 2.34. The van der Waals surface area contributed by atoms with E-state index in [1.807, 2.05) is 54.6 Å². The van der Waals surface area contributed by atoms with Crippen molar-refractivity contribution in [2.75, 3.05) is 6.54 Å². The lowest BCUT2D eigenvalue weighted by Crippen LogP contribution is -2.34. The SMILES string of the molecule is O=C(Oc1nc(-c2ccccc2)nc2c1oc1ccccc12)[C@@H]1CCCN1. The van der Waals surface area contributed by atoms with Crippen molar-refractivity contribution in [1.29, 1.82) is 0 Å². The number of para-hydroxylation sites is 1. The molecule has 1 fully saturated rings. The third kappa shape index (κ3) is 2.84. The Balaban J connectivity index is 1.68. The predicted octanol–water partition coefficient (Wildman–Crippen LogP) is 3.70. The fourth-order valence-corrected chi connectivity index (χ4v) is 3.40. The largest absolute Gasteiger partial charge is 0.449 e. The summed E-state index contributed by atoms with van der Waals surface area (Å²) in [4.78, 5) is 21.7. The molecule has 1 aliphatic rings. The van der Waals surface area contributed by atoms with Gasteiger partial charge in [0.05, 0.1) is 0 Å². The average Bonchev–Trinajstić information content (AvgIpc) is 3.37. The highest BCUT2D eigenvalue weighted by molar-refractivity contribution is 6.04. The van der Waals surface area contributed by atoms with Crippen LogP contribution in [0.3, 0.4) is 0 Å². The second kappa shape index (κ2) is 6.48. The molecule has 3 heterocycles. The van der Waals surface area contributed by atoms with E-state index >= 15 is 0 Å². The Morgan fingerprint density at radius 2 is 1.89 bits per heavy atom. The number of rotatable bonds is 3. The Hall–Kier alpha value is -3.25. The maximum absolute atomic E-state index is 12.5. The van der Waals surface area contributed by atoms with Gasteiger partial charge in [-0.3, -0.25) is 0 Å². The molecule has 1 aliphatic heterocycles. The summed E-state index contributed by atoms with van der Waals surface area (Å²) in [5, 5.41) is 4.01. The lowest BCUT2D eigenvalue weighted by atomic mass is 10.2. The molecule has 6 heteroatoms. The molecule has 0 radical (unpaired) electrons. The predicted molar refractivity (Wildman–Crippen MR) is 101 cm³/mol. The fraction of sp³-hybridized carbons (Fsp3) is 0.190. The van der Waals surface area contributed by atoms with Crippen molar-refractivity contribution in [3.05, 3.63) is 54.6 Å². The zero-order valence-corrected chi connectivity index (χ0v) is 14.5. The molecular formula is C21H17N3O3. The molecule has 0 amide bonds. The fourth-order valence-electron chi connectivity index (χ4n) is 3.40. The number of ether oxygens (including phenoxy) is 1. The molecule has 0 aliphatic carbocycles. The Bertz CT molecular complexity index is 1130. The Morgan fingerprint density at radius 1 is 1.07 bits per heavy atom. The third-order valence-electron chi connectivity index (χ3n) is 4.76. The summed E-state index contributed by atoms with van der Waals surface area (Å²) in [6.07, 6.45) is 1.72. The first-order chi connectivity index (χ1) is 13.3. The van der Waals surface area contributed by atoms with Crippen LogP contribution in [0.2, 0.25) is 0 Å². The quantitative estimate of drug-likeness (QED) is 0.562. The van der Waals surface area contributed by atoms with E-state index in [-0.39, 0.29) is 17.9 Å². The van der Waals surface area contributed by atoms with Crippen molar-refractivity contribution in [1.82, 2.24) is 15.3 Å². The maximum Gasteiger partial charge on any atom is 0.329 e. The lowest BCUT2D eigenvalue weighted by molar-refractivity contribution is -0.136. The summed E-state index contributed by atoms with van der Waals surface area (Å²) >= 11 is 0. The highest BCUT2D eigenvalue weighted by atomic mass is 16.5. The molecule has 0 bridgehead atoms. The van der Waals surface area contributed by atoms with E-state index in [1.54, 1.807) is 0 Å². The molecule has 0 unspecified atom stereocenters. The zero-order valence-electron chi connectivity index (χ0n) is 14.5. The monoisotopic (exact) mass is 359 g/mol. The third-order valence-corrected chi connectivity index (χ3v) is 4.76. The first-order valence-corrected chi connectivity index (χ1v) is 8.99. The molecule has 2 aromatic carbocycles. The lowest BCUT2D eigenvalue weighted by Gasteiger charge is -2.10. The molecule has 1 atom stereocenters. The van der Waals surface area contributed by atoms with Gasteiger partial charge in [0.25, 0.3) is 5.88 Å². The number of hydrogen-bond acceptors (Lipinski definition) is 6. The normalized spacial score (nSPS) is 16.8. The van der Waals surface area contributed by atoms with Crippen LogP contribution in [0.5, 0.6) is 5.88 Å². The van der Waals surface area contributed by atoms with E-state index in [2.05, 4.69) is 15.3 Å². The molecule has 4 aromatic rings. The summed E-state index contributed by atoms with van der Waals surface area (Å²) in [6, 6.07) is 16.9. The first kappa shape index (κ1) is 16.0. The van der Waals surface area contributed by atoms with Crippen molar-refractivity contribution in [2.24, 2.45) is 0 Å². The van der Waals surface area contributed by atoms with Crippen molar-refractivity contribution < 1.29 is 13.9 Å². The van der Waals surface area contributed by atoms with Gasteiger partial charge in [-0.2, -0.15) is 4.98 Å². The van der Waals surface area contributed by atoms with E-state index in [9.17, 15) is 4.79 Å². The van der Waals surface area contributed by atoms with Crippen LogP contribution in [0.25, 0.3) is 33.5 Å². The van der Waals surface area contributed by atoms with Crippen LogP contribution in [-0.4, -0.2) is 28.5 Å². The summed E-state index contributed by atoms with van der Waals surface area (Å²) in [6.45, 7) is 0.818. The van der Waals surface area contributed by atoms with Crippen LogP contribution in [0.15, 0.2) is 59.0 Å². The second-order valence-corrected chi connectivity index (χ2v) is 6.56. The number of carbonyl (C=O) groups is 1. The number of aromatic nitrogens is 2. The molecule has 0 saturated carbocycles. The summed E-state index contributed by atoms with van der Waals surface area (Å²) in [5.74, 6) is 0.317. The van der Waals surface area contributed by atoms with Gasteiger partial charge in [0.2, 0.25) is 5.58 Å². The van der Waals surface area contributed by atoms with Crippen molar-refractivity contribution in [2.45, 2.75) is 18.9 Å². The molecule has 134 valence electrons. The smallest absolute Gasteiger partial charge is 0.329 e. The molecule has 1 saturated heterocycles. The number of fused-ring (bicyclic) bond motifs is 3. The van der Waals surface area contributed by atoms with Crippen LogP contribution in [0.4, 0.5) is 0 Å². The number of carbonyl (C=O) groups excluding carboxylic acids is 1. The molecule has 1 N–H and O–H groups in total.